The molecule has 17 heavy (non-hydrogen) atoms. The molecule has 0 aliphatic carbocycles. The number of carbonyl (C=O) groups excluding carboxylic acids is 1. The number of hydrogen-bond donors (Lipinski definition) is 0. The molecule has 1 rings (SSSR count). The van der Waals surface area contributed by atoms with Crippen LogP contribution in [0.2, 0.25) is 0 Å². The summed E-state index contributed by atoms with van der Waals surface area (Å²) in [6.45, 7) is 0.634. The molecule has 0 unspecified atom stereocenters. The van der Waals surface area contributed by atoms with Crippen molar-refractivity contribution in [2.75, 3.05) is 18.1 Å². The van der Waals surface area contributed by atoms with Crippen molar-refractivity contribution >= 4 is 17.7 Å². The molecule has 3 heteroatoms. The SMILES string of the molecule is O=C1CCCCCSCCCCCCCCO1. The lowest BCUT2D eigenvalue weighted by Crippen LogP contribution is -2.05. The number of ether oxygens (including phenoxy) is 1. The fourth-order valence-corrected chi connectivity index (χ4v) is 3.04. The second-order valence-electron chi connectivity index (χ2n) is 4.76. The second kappa shape index (κ2) is 10.9. The predicted octanol–water partition coefficient (Wildman–Crippen LogP) is 4.18. The Hall–Kier alpha value is -0.180. The van der Waals surface area contributed by atoms with Crippen molar-refractivity contribution in [3.63, 3.8) is 0 Å². The third-order valence-corrected chi connectivity index (χ3v) is 4.27. The van der Waals surface area contributed by atoms with Crippen molar-refractivity contribution < 1.29 is 9.53 Å². The number of rotatable bonds is 0. The summed E-state index contributed by atoms with van der Waals surface area (Å²) in [6.07, 6.45) is 11.7. The van der Waals surface area contributed by atoms with Gasteiger partial charge in [-0.05, 0) is 37.2 Å². The zero-order valence-corrected chi connectivity index (χ0v) is 11.7. The quantitative estimate of drug-likeness (QED) is 0.610. The first-order chi connectivity index (χ1) is 8.39. The van der Waals surface area contributed by atoms with E-state index >= 15 is 0 Å². The molecule has 0 spiro atoms. The van der Waals surface area contributed by atoms with Crippen LogP contribution in [0.3, 0.4) is 0 Å². The van der Waals surface area contributed by atoms with E-state index in [0.29, 0.717) is 13.0 Å². The van der Waals surface area contributed by atoms with Gasteiger partial charge in [-0.25, -0.2) is 0 Å². The minimum Gasteiger partial charge on any atom is -0.466 e. The van der Waals surface area contributed by atoms with E-state index in [4.69, 9.17) is 4.74 Å². The van der Waals surface area contributed by atoms with Crippen molar-refractivity contribution in [3.05, 3.63) is 0 Å². The van der Waals surface area contributed by atoms with Gasteiger partial charge in [-0.2, -0.15) is 11.8 Å². The molecule has 2 nitrogen and oxygen atoms in total. The zero-order valence-electron chi connectivity index (χ0n) is 10.9. The fourth-order valence-electron chi connectivity index (χ4n) is 2.02. The van der Waals surface area contributed by atoms with Gasteiger partial charge in [0.25, 0.3) is 0 Å². The lowest BCUT2D eigenvalue weighted by Gasteiger charge is -2.06. The molecule has 100 valence electrons. The molecular weight excluding hydrogens is 232 g/mol. The van der Waals surface area contributed by atoms with E-state index in [1.54, 1.807) is 0 Å². The first-order valence-corrected chi connectivity index (χ1v) is 8.28. The molecule has 0 atom stereocenters. The maximum absolute atomic E-state index is 11.3. The first kappa shape index (κ1) is 14.9. The highest BCUT2D eigenvalue weighted by Gasteiger charge is 2.03. The molecular formula is C14H26O2S. The molecule has 0 aromatic heterocycles. The summed E-state index contributed by atoms with van der Waals surface area (Å²) in [6, 6.07) is 0. The molecule has 1 heterocycles. The predicted molar refractivity (Wildman–Crippen MR) is 74.5 cm³/mol. The smallest absolute Gasteiger partial charge is 0.305 e. The molecule has 0 aromatic rings. The van der Waals surface area contributed by atoms with Crippen LogP contribution in [0.4, 0.5) is 0 Å². The van der Waals surface area contributed by atoms with Gasteiger partial charge in [0.1, 0.15) is 0 Å². The minimum atomic E-state index is 0.00440. The molecule has 1 fully saturated rings. The van der Waals surface area contributed by atoms with Crippen LogP contribution in [0.25, 0.3) is 0 Å². The maximum atomic E-state index is 11.3. The summed E-state index contributed by atoms with van der Waals surface area (Å²) >= 11 is 2.07. The lowest BCUT2D eigenvalue weighted by molar-refractivity contribution is -0.143. The van der Waals surface area contributed by atoms with Crippen LogP contribution < -0.4 is 0 Å². The van der Waals surface area contributed by atoms with Crippen LogP contribution in [-0.2, 0) is 9.53 Å². The molecule has 0 saturated carbocycles. The standard InChI is InChI=1S/C14H26O2S/c15-14-10-6-5-9-13-17-12-8-4-2-1-3-7-11-16-14/h1-13H2. The maximum Gasteiger partial charge on any atom is 0.305 e. The normalized spacial score (nSPS) is 22.9. The van der Waals surface area contributed by atoms with Gasteiger partial charge in [0.05, 0.1) is 6.61 Å². The van der Waals surface area contributed by atoms with Crippen molar-refractivity contribution in [2.24, 2.45) is 0 Å². The summed E-state index contributed by atoms with van der Waals surface area (Å²) in [4.78, 5) is 11.3. The first-order valence-electron chi connectivity index (χ1n) is 7.13. The summed E-state index contributed by atoms with van der Waals surface area (Å²) in [5.74, 6) is 2.58. The average molecular weight is 258 g/mol. The Balaban J connectivity index is 2.11. The van der Waals surface area contributed by atoms with Crippen molar-refractivity contribution in [2.45, 2.75) is 64.2 Å². The van der Waals surface area contributed by atoms with E-state index in [-0.39, 0.29) is 5.97 Å². The lowest BCUT2D eigenvalue weighted by atomic mass is 10.1. The third-order valence-electron chi connectivity index (χ3n) is 3.12. The molecule has 1 saturated heterocycles. The highest BCUT2D eigenvalue weighted by atomic mass is 32.2. The summed E-state index contributed by atoms with van der Waals surface area (Å²) < 4.78 is 5.20. The van der Waals surface area contributed by atoms with Crippen molar-refractivity contribution in [1.29, 1.82) is 0 Å². The molecule has 1 aliphatic rings. The van der Waals surface area contributed by atoms with Gasteiger partial charge in [-0.15, -0.1) is 0 Å². The molecule has 0 bridgehead atoms. The minimum absolute atomic E-state index is 0.00440. The van der Waals surface area contributed by atoms with Gasteiger partial charge in [0, 0.05) is 6.42 Å². The zero-order chi connectivity index (χ0) is 12.2. The number of thioether (sulfide) groups is 1. The van der Waals surface area contributed by atoms with Crippen LogP contribution >= 0.6 is 11.8 Å². The number of cyclic esters (lactones) is 1. The largest absolute Gasteiger partial charge is 0.466 e. The number of carbonyl (C=O) groups is 1. The molecule has 1 aliphatic heterocycles. The molecule has 0 radical (unpaired) electrons. The summed E-state index contributed by atoms with van der Waals surface area (Å²) in [5.41, 5.74) is 0. The van der Waals surface area contributed by atoms with Crippen LogP contribution in [0, 0.1) is 0 Å². The highest BCUT2D eigenvalue weighted by molar-refractivity contribution is 7.99. The Kier molecular flexibility index (Phi) is 9.58. The Labute approximate surface area is 110 Å². The van der Waals surface area contributed by atoms with Crippen LogP contribution in [0.1, 0.15) is 64.2 Å². The molecule has 0 N–H and O–H groups in total. The Bertz CT molecular complexity index is 177. The van der Waals surface area contributed by atoms with E-state index in [9.17, 15) is 4.79 Å². The van der Waals surface area contributed by atoms with E-state index in [0.717, 1.165) is 12.8 Å². The van der Waals surface area contributed by atoms with Gasteiger partial charge >= 0.3 is 5.97 Å². The Morgan fingerprint density at radius 3 is 2.12 bits per heavy atom. The van der Waals surface area contributed by atoms with Gasteiger partial charge in [-0.3, -0.25) is 4.79 Å². The van der Waals surface area contributed by atoms with E-state index in [1.807, 2.05) is 0 Å². The Morgan fingerprint density at radius 2 is 1.35 bits per heavy atom. The third kappa shape index (κ3) is 9.51. The van der Waals surface area contributed by atoms with Gasteiger partial charge in [0.15, 0.2) is 0 Å². The monoisotopic (exact) mass is 258 g/mol. The summed E-state index contributed by atoms with van der Waals surface area (Å²) in [5, 5.41) is 0. The van der Waals surface area contributed by atoms with Crippen LogP contribution in [0.15, 0.2) is 0 Å². The van der Waals surface area contributed by atoms with E-state index in [1.165, 1.54) is 56.5 Å². The average Bonchev–Trinajstić information content (AvgIpc) is 2.32. The van der Waals surface area contributed by atoms with Gasteiger partial charge in [0.2, 0.25) is 0 Å². The van der Waals surface area contributed by atoms with Crippen LogP contribution in [-0.4, -0.2) is 24.1 Å². The van der Waals surface area contributed by atoms with E-state index < -0.39 is 0 Å². The number of esters is 1. The topological polar surface area (TPSA) is 26.3 Å². The summed E-state index contributed by atoms with van der Waals surface area (Å²) in [7, 11) is 0. The molecule has 0 amide bonds. The van der Waals surface area contributed by atoms with Crippen molar-refractivity contribution in [1.82, 2.24) is 0 Å². The van der Waals surface area contributed by atoms with Crippen LogP contribution in [0.5, 0.6) is 0 Å². The van der Waals surface area contributed by atoms with Gasteiger partial charge < -0.3 is 4.74 Å². The number of hydrogen-bond acceptors (Lipinski definition) is 3. The van der Waals surface area contributed by atoms with Gasteiger partial charge in [-0.1, -0.05) is 32.1 Å². The highest BCUT2D eigenvalue weighted by Crippen LogP contribution is 2.13. The second-order valence-corrected chi connectivity index (χ2v) is 5.99. The fraction of sp³-hybridized carbons (Fsp3) is 0.929. The van der Waals surface area contributed by atoms with Crippen molar-refractivity contribution in [3.8, 4) is 0 Å². The molecule has 0 aromatic carbocycles. The Morgan fingerprint density at radius 1 is 0.765 bits per heavy atom. The van der Waals surface area contributed by atoms with E-state index in [2.05, 4.69) is 11.8 Å².